The smallest absolute Gasteiger partial charge is 0.0535 e. The van der Waals surface area contributed by atoms with E-state index in [2.05, 4.69) is 29.0 Å². The van der Waals surface area contributed by atoms with Crippen LogP contribution in [0.2, 0.25) is 0 Å². The van der Waals surface area contributed by atoms with Crippen LogP contribution in [0.5, 0.6) is 0 Å². The maximum atomic E-state index is 4.04. The van der Waals surface area contributed by atoms with Crippen molar-refractivity contribution < 1.29 is 0 Å². The molecule has 0 aromatic carbocycles. The minimum Gasteiger partial charge on any atom is -0.310 e. The molecule has 88 valence electrons. The van der Waals surface area contributed by atoms with Crippen LogP contribution in [0.4, 0.5) is 0 Å². The zero-order valence-electron chi connectivity index (χ0n) is 10.00. The van der Waals surface area contributed by atoms with Gasteiger partial charge in [-0.2, -0.15) is 5.10 Å². The lowest BCUT2D eigenvalue weighted by molar-refractivity contribution is 0.436. The maximum Gasteiger partial charge on any atom is 0.0535 e. The molecule has 1 saturated carbocycles. The minimum absolute atomic E-state index is 0.660. The van der Waals surface area contributed by atoms with Gasteiger partial charge in [-0.1, -0.05) is 6.08 Å². The molecule has 3 nitrogen and oxygen atoms in total. The summed E-state index contributed by atoms with van der Waals surface area (Å²) in [6, 6.07) is 0.660. The van der Waals surface area contributed by atoms with Crippen LogP contribution in [-0.2, 0) is 6.54 Å². The predicted octanol–water partition coefficient (Wildman–Crippen LogP) is 2.55. The van der Waals surface area contributed by atoms with E-state index in [0.29, 0.717) is 6.04 Å². The fourth-order valence-corrected chi connectivity index (χ4v) is 2.10. The third-order valence-electron chi connectivity index (χ3n) is 3.36. The number of nitrogens with zero attached hydrogens (tertiary/aromatic N) is 1. The summed E-state index contributed by atoms with van der Waals surface area (Å²) in [5.41, 5.74) is 2.45. The van der Waals surface area contributed by atoms with Crippen molar-refractivity contribution >= 4 is 0 Å². The largest absolute Gasteiger partial charge is 0.310 e. The van der Waals surface area contributed by atoms with Crippen molar-refractivity contribution in [2.75, 3.05) is 0 Å². The monoisotopic (exact) mass is 219 g/mol. The van der Waals surface area contributed by atoms with Gasteiger partial charge in [0, 0.05) is 23.8 Å². The van der Waals surface area contributed by atoms with Crippen molar-refractivity contribution in [3.8, 4) is 0 Å². The van der Waals surface area contributed by atoms with Gasteiger partial charge in [-0.3, -0.25) is 5.10 Å². The van der Waals surface area contributed by atoms with E-state index in [9.17, 15) is 0 Å². The van der Waals surface area contributed by atoms with E-state index in [1.165, 1.54) is 30.5 Å². The highest BCUT2D eigenvalue weighted by atomic mass is 15.1. The summed E-state index contributed by atoms with van der Waals surface area (Å²) in [6.45, 7) is 6.79. The maximum absolute atomic E-state index is 4.04. The first-order valence-corrected chi connectivity index (χ1v) is 6.14. The molecular formula is C13H21N3. The number of H-pyrrole nitrogens is 1. The lowest BCUT2D eigenvalue weighted by Crippen LogP contribution is -2.30. The second-order valence-electron chi connectivity index (χ2n) is 4.71. The zero-order valence-corrected chi connectivity index (χ0v) is 10.00. The van der Waals surface area contributed by atoms with Crippen LogP contribution < -0.4 is 5.32 Å². The lowest BCUT2D eigenvalue weighted by Gasteiger charge is -2.17. The summed E-state index contributed by atoms with van der Waals surface area (Å²) >= 11 is 0. The average Bonchev–Trinajstić information content (AvgIpc) is 3.04. The van der Waals surface area contributed by atoms with Gasteiger partial charge in [0.05, 0.1) is 6.20 Å². The van der Waals surface area contributed by atoms with Gasteiger partial charge < -0.3 is 5.32 Å². The van der Waals surface area contributed by atoms with E-state index in [1.807, 2.05) is 12.3 Å². The van der Waals surface area contributed by atoms with Crippen LogP contribution in [0.15, 0.2) is 18.9 Å². The Morgan fingerprint density at radius 1 is 1.69 bits per heavy atom. The fraction of sp³-hybridized carbons (Fsp3) is 0.615. The Bertz CT molecular complexity index is 339. The zero-order chi connectivity index (χ0) is 11.4. The number of aryl methyl sites for hydroxylation is 1. The molecule has 0 saturated heterocycles. The van der Waals surface area contributed by atoms with E-state index in [4.69, 9.17) is 0 Å². The van der Waals surface area contributed by atoms with Crippen LogP contribution in [0.25, 0.3) is 0 Å². The molecule has 1 atom stereocenters. The number of hydrogen-bond donors (Lipinski definition) is 2. The second kappa shape index (κ2) is 5.30. The van der Waals surface area contributed by atoms with Crippen LogP contribution in [0.1, 0.15) is 36.9 Å². The highest BCUT2D eigenvalue weighted by Gasteiger charge is 2.30. The van der Waals surface area contributed by atoms with Gasteiger partial charge in [-0.05, 0) is 38.5 Å². The van der Waals surface area contributed by atoms with Gasteiger partial charge in [0.15, 0.2) is 0 Å². The number of rotatable bonds is 7. The van der Waals surface area contributed by atoms with E-state index in [-0.39, 0.29) is 0 Å². The standard InChI is InChI=1S/C13H21N3/c1-3-4-5-13(11-6-7-11)14-8-12-9-15-16-10(12)2/h3,9,11,13-14H,1,4-8H2,2H3,(H,15,16). The fourth-order valence-electron chi connectivity index (χ4n) is 2.10. The molecule has 1 fully saturated rings. The molecule has 2 N–H and O–H groups in total. The molecule has 0 bridgehead atoms. The van der Waals surface area contributed by atoms with Crippen molar-refractivity contribution in [2.24, 2.45) is 5.92 Å². The number of allylic oxidation sites excluding steroid dienone is 1. The first kappa shape index (κ1) is 11.4. The third kappa shape index (κ3) is 2.95. The van der Waals surface area contributed by atoms with Crippen LogP contribution >= 0.6 is 0 Å². The van der Waals surface area contributed by atoms with Crippen LogP contribution in [0, 0.1) is 12.8 Å². The molecule has 1 unspecified atom stereocenters. The highest BCUT2D eigenvalue weighted by Crippen LogP contribution is 2.34. The second-order valence-corrected chi connectivity index (χ2v) is 4.71. The van der Waals surface area contributed by atoms with E-state index < -0.39 is 0 Å². The topological polar surface area (TPSA) is 40.7 Å². The quantitative estimate of drug-likeness (QED) is 0.692. The molecule has 0 amide bonds. The van der Waals surface area contributed by atoms with Gasteiger partial charge in [-0.15, -0.1) is 6.58 Å². The number of aromatic amines is 1. The summed E-state index contributed by atoms with van der Waals surface area (Å²) < 4.78 is 0. The summed E-state index contributed by atoms with van der Waals surface area (Å²) in [4.78, 5) is 0. The Balaban J connectivity index is 1.81. The van der Waals surface area contributed by atoms with Gasteiger partial charge in [0.1, 0.15) is 0 Å². The normalized spacial score (nSPS) is 17.3. The molecule has 1 aliphatic carbocycles. The van der Waals surface area contributed by atoms with E-state index in [0.717, 1.165) is 18.9 Å². The molecule has 2 rings (SSSR count). The molecule has 0 radical (unpaired) electrons. The van der Waals surface area contributed by atoms with E-state index in [1.54, 1.807) is 0 Å². The third-order valence-corrected chi connectivity index (χ3v) is 3.36. The molecule has 1 heterocycles. The highest BCUT2D eigenvalue weighted by molar-refractivity contribution is 5.14. The van der Waals surface area contributed by atoms with E-state index >= 15 is 0 Å². The van der Waals surface area contributed by atoms with Crippen molar-refractivity contribution in [1.82, 2.24) is 15.5 Å². The van der Waals surface area contributed by atoms with Gasteiger partial charge in [0.2, 0.25) is 0 Å². The van der Waals surface area contributed by atoms with Crippen LogP contribution in [0.3, 0.4) is 0 Å². The Hall–Kier alpha value is -1.09. The molecule has 1 aromatic heterocycles. The van der Waals surface area contributed by atoms with Crippen molar-refractivity contribution in [1.29, 1.82) is 0 Å². The lowest BCUT2D eigenvalue weighted by atomic mass is 10.1. The first-order chi connectivity index (χ1) is 7.81. The SMILES string of the molecule is C=CCCC(NCc1cn[nH]c1C)C1CC1. The van der Waals surface area contributed by atoms with Gasteiger partial charge in [-0.25, -0.2) is 0 Å². The minimum atomic E-state index is 0.660. The summed E-state index contributed by atoms with van der Waals surface area (Å²) in [6.07, 6.45) is 9.03. The van der Waals surface area contributed by atoms with Crippen molar-refractivity contribution in [2.45, 2.75) is 45.2 Å². The molecule has 0 spiro atoms. The average molecular weight is 219 g/mol. The summed E-state index contributed by atoms with van der Waals surface area (Å²) in [5, 5.41) is 10.7. The van der Waals surface area contributed by atoms with Gasteiger partial charge in [0.25, 0.3) is 0 Å². The van der Waals surface area contributed by atoms with Crippen LogP contribution in [-0.4, -0.2) is 16.2 Å². The summed E-state index contributed by atoms with van der Waals surface area (Å²) in [5.74, 6) is 0.896. The van der Waals surface area contributed by atoms with Crippen molar-refractivity contribution in [3.63, 3.8) is 0 Å². The molecule has 1 aromatic rings. The molecule has 16 heavy (non-hydrogen) atoms. The molecular weight excluding hydrogens is 198 g/mol. The first-order valence-electron chi connectivity index (χ1n) is 6.14. The number of hydrogen-bond acceptors (Lipinski definition) is 2. The molecule has 1 aliphatic rings. The molecule has 0 aliphatic heterocycles. The Morgan fingerprint density at radius 2 is 2.50 bits per heavy atom. The number of aromatic nitrogens is 2. The predicted molar refractivity (Wildman–Crippen MR) is 66.1 cm³/mol. The Labute approximate surface area is 97.3 Å². The molecule has 3 heteroatoms. The Kier molecular flexibility index (Phi) is 3.78. The van der Waals surface area contributed by atoms with Crippen molar-refractivity contribution in [3.05, 3.63) is 30.1 Å². The Morgan fingerprint density at radius 3 is 3.06 bits per heavy atom. The summed E-state index contributed by atoms with van der Waals surface area (Å²) in [7, 11) is 0. The van der Waals surface area contributed by atoms with Gasteiger partial charge >= 0.3 is 0 Å². The number of nitrogens with one attached hydrogen (secondary N) is 2.